The van der Waals surface area contributed by atoms with Gasteiger partial charge in [0.15, 0.2) is 0 Å². The molecule has 0 fully saturated rings. The monoisotopic (exact) mass is 299 g/mol. The summed E-state index contributed by atoms with van der Waals surface area (Å²) in [6, 6.07) is 4.85. The van der Waals surface area contributed by atoms with E-state index < -0.39 is 11.8 Å². The molecule has 1 aromatic heterocycles. The minimum Gasteiger partial charge on any atom is -0.369 e. The summed E-state index contributed by atoms with van der Waals surface area (Å²) in [6.07, 6.45) is 10.3. The zero-order valence-corrected chi connectivity index (χ0v) is 12.5. The second-order valence-electron chi connectivity index (χ2n) is 4.87. The number of nitrogens with two attached hydrogens (primary N) is 1. The van der Waals surface area contributed by atoms with Crippen LogP contribution in [0.5, 0.6) is 0 Å². The molecule has 2 aromatic rings. The molecule has 0 aliphatic carbocycles. The van der Waals surface area contributed by atoms with E-state index >= 15 is 0 Å². The van der Waals surface area contributed by atoms with Gasteiger partial charge in [0.25, 0.3) is 0 Å². The normalized spacial score (nSPS) is 13.0. The van der Waals surface area contributed by atoms with Gasteiger partial charge in [0.1, 0.15) is 5.82 Å². The van der Waals surface area contributed by atoms with Crippen LogP contribution in [0.3, 0.4) is 0 Å². The van der Waals surface area contributed by atoms with Crippen LogP contribution in [-0.4, -0.2) is 15.7 Å². The molecule has 0 aliphatic heterocycles. The standard InChI is InChI=1S/C17H18FN3O/c1-3-5-13(17(19)22)6-7-14-12(2)15(18)8-9-16(14)21-11-4-10-20-21/h3-11,13H,1-2H3,(H2,19,22)/b5-3-,7-6-. The summed E-state index contributed by atoms with van der Waals surface area (Å²) < 4.78 is 15.5. The second-order valence-corrected chi connectivity index (χ2v) is 4.87. The number of hydrogen-bond donors (Lipinski definition) is 1. The lowest BCUT2D eigenvalue weighted by atomic mass is 10.0. The van der Waals surface area contributed by atoms with Gasteiger partial charge in [-0.25, -0.2) is 9.07 Å². The molecule has 1 unspecified atom stereocenters. The Hall–Kier alpha value is -2.69. The topological polar surface area (TPSA) is 60.9 Å². The van der Waals surface area contributed by atoms with Crippen LogP contribution in [0.2, 0.25) is 0 Å². The number of amides is 1. The summed E-state index contributed by atoms with van der Waals surface area (Å²) >= 11 is 0. The van der Waals surface area contributed by atoms with Gasteiger partial charge in [-0.15, -0.1) is 0 Å². The van der Waals surface area contributed by atoms with E-state index in [0.29, 0.717) is 11.1 Å². The third-order valence-electron chi connectivity index (χ3n) is 3.38. The highest BCUT2D eigenvalue weighted by atomic mass is 19.1. The maximum absolute atomic E-state index is 13.9. The number of carbonyl (C=O) groups excluding carboxylic acids is 1. The minimum atomic E-state index is -0.530. The molecular weight excluding hydrogens is 281 g/mol. The highest BCUT2D eigenvalue weighted by Crippen LogP contribution is 2.23. The van der Waals surface area contributed by atoms with Crippen LogP contribution in [0.15, 0.2) is 48.8 Å². The van der Waals surface area contributed by atoms with E-state index in [1.54, 1.807) is 60.4 Å². The Morgan fingerprint density at radius 3 is 2.77 bits per heavy atom. The van der Waals surface area contributed by atoms with Gasteiger partial charge in [-0.05, 0) is 37.6 Å². The molecule has 5 heteroatoms. The highest BCUT2D eigenvalue weighted by molar-refractivity contribution is 5.82. The molecule has 0 spiro atoms. The number of nitrogens with zero attached hydrogens (tertiary/aromatic N) is 2. The van der Waals surface area contributed by atoms with Crippen LogP contribution < -0.4 is 5.73 Å². The molecule has 2 rings (SSSR count). The number of allylic oxidation sites excluding steroid dienone is 1. The van der Waals surface area contributed by atoms with Crippen LogP contribution in [-0.2, 0) is 4.79 Å². The Labute approximate surface area is 128 Å². The Balaban J connectivity index is 2.49. The molecule has 1 aromatic carbocycles. The zero-order chi connectivity index (χ0) is 16.1. The van der Waals surface area contributed by atoms with Gasteiger partial charge in [0.05, 0.1) is 11.6 Å². The number of primary amides is 1. The second kappa shape index (κ2) is 6.85. The smallest absolute Gasteiger partial charge is 0.228 e. The first-order valence-corrected chi connectivity index (χ1v) is 6.94. The van der Waals surface area contributed by atoms with Gasteiger partial charge < -0.3 is 5.73 Å². The van der Waals surface area contributed by atoms with Crippen LogP contribution in [0.25, 0.3) is 11.8 Å². The van der Waals surface area contributed by atoms with Crippen molar-refractivity contribution in [1.29, 1.82) is 0 Å². The van der Waals surface area contributed by atoms with Crippen molar-refractivity contribution < 1.29 is 9.18 Å². The van der Waals surface area contributed by atoms with Crippen LogP contribution in [0.1, 0.15) is 18.1 Å². The first kappa shape index (κ1) is 15.7. The summed E-state index contributed by atoms with van der Waals surface area (Å²) in [5.41, 5.74) is 7.25. The van der Waals surface area contributed by atoms with Crippen LogP contribution in [0.4, 0.5) is 4.39 Å². The van der Waals surface area contributed by atoms with Crippen LogP contribution in [0, 0.1) is 18.7 Å². The number of hydrogen-bond acceptors (Lipinski definition) is 2. The number of rotatable bonds is 5. The third kappa shape index (κ3) is 3.31. The molecular formula is C17H18FN3O. The first-order chi connectivity index (χ1) is 10.5. The summed E-state index contributed by atoms with van der Waals surface area (Å²) in [6.45, 7) is 3.50. The highest BCUT2D eigenvalue weighted by Gasteiger charge is 2.12. The summed E-state index contributed by atoms with van der Waals surface area (Å²) in [4.78, 5) is 11.4. The van der Waals surface area contributed by atoms with Crippen molar-refractivity contribution in [2.75, 3.05) is 0 Å². The van der Waals surface area contributed by atoms with E-state index in [9.17, 15) is 9.18 Å². The van der Waals surface area contributed by atoms with Gasteiger partial charge in [-0.2, -0.15) is 5.10 Å². The van der Waals surface area contributed by atoms with Gasteiger partial charge in [0.2, 0.25) is 5.91 Å². The van der Waals surface area contributed by atoms with Crippen molar-refractivity contribution in [2.24, 2.45) is 11.7 Å². The van der Waals surface area contributed by atoms with Crippen molar-refractivity contribution in [2.45, 2.75) is 13.8 Å². The predicted molar refractivity (Wildman–Crippen MR) is 84.8 cm³/mol. The largest absolute Gasteiger partial charge is 0.369 e. The zero-order valence-electron chi connectivity index (χ0n) is 12.5. The fourth-order valence-electron chi connectivity index (χ4n) is 2.17. The lowest BCUT2D eigenvalue weighted by molar-refractivity contribution is -0.119. The fraction of sp³-hybridized carbons (Fsp3) is 0.176. The molecule has 1 atom stereocenters. The van der Waals surface area contributed by atoms with Gasteiger partial charge in [0, 0.05) is 18.0 Å². The molecule has 0 aliphatic rings. The lowest BCUT2D eigenvalue weighted by Gasteiger charge is -2.11. The van der Waals surface area contributed by atoms with Gasteiger partial charge in [-0.1, -0.05) is 24.3 Å². The summed E-state index contributed by atoms with van der Waals surface area (Å²) in [5.74, 6) is -1.29. The van der Waals surface area contributed by atoms with E-state index in [1.807, 2.05) is 6.92 Å². The lowest BCUT2D eigenvalue weighted by Crippen LogP contribution is -2.19. The molecule has 0 saturated heterocycles. The average molecular weight is 299 g/mol. The molecule has 4 nitrogen and oxygen atoms in total. The molecule has 0 saturated carbocycles. The van der Waals surface area contributed by atoms with Crippen molar-refractivity contribution in [3.05, 3.63) is 65.8 Å². The van der Waals surface area contributed by atoms with E-state index in [1.165, 1.54) is 6.07 Å². The summed E-state index contributed by atoms with van der Waals surface area (Å²) in [7, 11) is 0. The first-order valence-electron chi connectivity index (χ1n) is 6.94. The maximum Gasteiger partial charge on any atom is 0.228 e. The fourth-order valence-corrected chi connectivity index (χ4v) is 2.17. The Kier molecular flexibility index (Phi) is 4.88. The molecule has 1 heterocycles. The van der Waals surface area contributed by atoms with Gasteiger partial charge >= 0.3 is 0 Å². The molecule has 0 bridgehead atoms. The molecule has 2 N–H and O–H groups in total. The molecule has 114 valence electrons. The molecule has 0 radical (unpaired) electrons. The number of aromatic nitrogens is 2. The number of carbonyl (C=O) groups is 1. The number of benzene rings is 1. The Morgan fingerprint density at radius 2 is 2.18 bits per heavy atom. The predicted octanol–water partition coefficient (Wildman–Crippen LogP) is 3.01. The quantitative estimate of drug-likeness (QED) is 0.863. The van der Waals surface area contributed by atoms with E-state index in [0.717, 1.165) is 5.69 Å². The maximum atomic E-state index is 13.9. The van der Waals surface area contributed by atoms with E-state index in [2.05, 4.69) is 5.10 Å². The van der Waals surface area contributed by atoms with Crippen molar-refractivity contribution in [3.8, 4) is 5.69 Å². The minimum absolute atomic E-state index is 0.308. The van der Waals surface area contributed by atoms with Crippen molar-refractivity contribution >= 4 is 12.0 Å². The van der Waals surface area contributed by atoms with E-state index in [-0.39, 0.29) is 5.82 Å². The SMILES string of the molecule is C/C=C\C(/C=C\c1c(-n2cccn2)ccc(F)c1C)C(N)=O. The van der Waals surface area contributed by atoms with Crippen LogP contribution >= 0.6 is 0 Å². The third-order valence-corrected chi connectivity index (χ3v) is 3.38. The Bertz CT molecular complexity index is 718. The average Bonchev–Trinajstić information content (AvgIpc) is 3.01. The van der Waals surface area contributed by atoms with Crippen molar-refractivity contribution in [1.82, 2.24) is 9.78 Å². The summed E-state index contributed by atoms with van der Waals surface area (Å²) in [5, 5.41) is 4.17. The number of halogens is 1. The molecule has 22 heavy (non-hydrogen) atoms. The van der Waals surface area contributed by atoms with E-state index in [4.69, 9.17) is 5.73 Å². The Morgan fingerprint density at radius 1 is 1.41 bits per heavy atom. The van der Waals surface area contributed by atoms with Crippen molar-refractivity contribution in [3.63, 3.8) is 0 Å². The molecule has 1 amide bonds. The van der Waals surface area contributed by atoms with Gasteiger partial charge in [-0.3, -0.25) is 4.79 Å².